The molecular formula is C22H27FN6O3. The smallest absolute Gasteiger partial charge is 0.260 e. The lowest BCUT2D eigenvalue weighted by molar-refractivity contribution is 0.109. The molecule has 0 radical (unpaired) electrons. The van der Waals surface area contributed by atoms with Crippen LogP contribution >= 0.6 is 0 Å². The van der Waals surface area contributed by atoms with Crippen molar-refractivity contribution in [3.8, 4) is 0 Å². The fraction of sp³-hybridized carbons (Fsp3) is 0.409. The molecule has 9 nitrogen and oxygen atoms in total. The molecule has 1 aliphatic rings. The van der Waals surface area contributed by atoms with Crippen LogP contribution in [0.5, 0.6) is 0 Å². The van der Waals surface area contributed by atoms with E-state index < -0.39 is 0 Å². The number of halogens is 1. The largest absolute Gasteiger partial charge is 0.373 e. The number of anilines is 1. The van der Waals surface area contributed by atoms with Crippen LogP contribution in [0.25, 0.3) is 0 Å². The van der Waals surface area contributed by atoms with Crippen LogP contribution in [0.3, 0.4) is 0 Å². The highest BCUT2D eigenvalue weighted by Gasteiger charge is 2.31. The van der Waals surface area contributed by atoms with Crippen LogP contribution in [0.15, 0.2) is 38.6 Å². The van der Waals surface area contributed by atoms with Gasteiger partial charge in [0.15, 0.2) is 11.6 Å². The molecule has 170 valence electrons. The van der Waals surface area contributed by atoms with Crippen molar-refractivity contribution in [1.29, 1.82) is 0 Å². The maximum atomic E-state index is 13.5. The first-order valence-electron chi connectivity index (χ1n) is 10.5. The van der Waals surface area contributed by atoms with Crippen LogP contribution in [0.4, 0.5) is 16.2 Å². The third kappa shape index (κ3) is 4.91. The number of rotatable bonds is 5. The molecule has 1 aliphatic heterocycles. The molecule has 2 aromatic heterocycles. The van der Waals surface area contributed by atoms with Crippen LogP contribution in [0, 0.1) is 12.7 Å². The average molecular weight is 442 g/mol. The second kappa shape index (κ2) is 10.3. The van der Waals surface area contributed by atoms with Gasteiger partial charge in [0.1, 0.15) is 12.4 Å². The lowest BCUT2D eigenvalue weighted by atomic mass is 10.00. The molecule has 1 saturated heterocycles. The lowest BCUT2D eigenvalue weighted by Gasteiger charge is -2.09. The van der Waals surface area contributed by atoms with E-state index in [0.717, 1.165) is 5.56 Å². The van der Waals surface area contributed by atoms with Crippen LogP contribution in [-0.4, -0.2) is 32.5 Å². The van der Waals surface area contributed by atoms with E-state index in [9.17, 15) is 9.18 Å². The van der Waals surface area contributed by atoms with Gasteiger partial charge in [-0.2, -0.15) is 9.97 Å². The summed E-state index contributed by atoms with van der Waals surface area (Å²) in [6.45, 7) is 7.76. The predicted octanol–water partition coefficient (Wildman–Crippen LogP) is 3.70. The number of nitrogens with zero attached hydrogens (tertiary/aromatic N) is 5. The van der Waals surface area contributed by atoms with Gasteiger partial charge in [-0.05, 0) is 38.0 Å². The van der Waals surface area contributed by atoms with Gasteiger partial charge in [0.05, 0.1) is 18.3 Å². The highest BCUT2D eigenvalue weighted by Crippen LogP contribution is 2.37. The molecule has 3 heterocycles. The second-order valence-corrected chi connectivity index (χ2v) is 7.05. The molecule has 1 fully saturated rings. The Morgan fingerprint density at radius 3 is 2.84 bits per heavy atom. The van der Waals surface area contributed by atoms with Crippen molar-refractivity contribution in [3.05, 3.63) is 63.3 Å². The van der Waals surface area contributed by atoms with Crippen molar-refractivity contribution < 1.29 is 13.7 Å². The number of nitrogen functional groups attached to an aromatic ring is 1. The summed E-state index contributed by atoms with van der Waals surface area (Å²) in [6, 6.07) is 6.34. The van der Waals surface area contributed by atoms with E-state index >= 15 is 0 Å². The highest BCUT2D eigenvalue weighted by atomic mass is 19.1. The zero-order chi connectivity index (χ0) is 23.3. The van der Waals surface area contributed by atoms with Crippen molar-refractivity contribution in [2.45, 2.75) is 52.7 Å². The number of ether oxygens (including phenoxy) is 1. The number of nitrogens with two attached hydrogens (primary N) is 1. The Balaban J connectivity index is 0.00000141. The summed E-state index contributed by atoms with van der Waals surface area (Å²) in [5.41, 5.74) is 6.76. The molecule has 1 aromatic carbocycles. The first kappa shape index (κ1) is 23.3. The van der Waals surface area contributed by atoms with E-state index in [1.807, 2.05) is 19.9 Å². The maximum absolute atomic E-state index is 13.5. The highest BCUT2D eigenvalue weighted by molar-refractivity contribution is 5.60. The standard InChI is InChI=1S/C20H21FN6O3.C2H6/c1-3-23-17-11(2)19(28)27(20(22)25-17)9-16-24-18(26-30-16)13-8-15(29-10-13)12-5-4-6-14(21)7-12;1-2/h3-7,13,15H,8-10H2,1-2H3,(H2,22,25);1-2H3/b23-3-;/t13-,15+;/m0./s1. The predicted molar refractivity (Wildman–Crippen MR) is 119 cm³/mol. The molecule has 10 heteroatoms. The van der Waals surface area contributed by atoms with Crippen LogP contribution in [0.2, 0.25) is 0 Å². The first-order chi connectivity index (χ1) is 15.5. The molecule has 32 heavy (non-hydrogen) atoms. The Morgan fingerprint density at radius 1 is 1.34 bits per heavy atom. The van der Waals surface area contributed by atoms with Gasteiger partial charge in [0.2, 0.25) is 11.8 Å². The van der Waals surface area contributed by atoms with E-state index in [-0.39, 0.29) is 47.6 Å². The van der Waals surface area contributed by atoms with Crippen molar-refractivity contribution in [3.63, 3.8) is 0 Å². The second-order valence-electron chi connectivity index (χ2n) is 7.05. The van der Waals surface area contributed by atoms with Gasteiger partial charge in [-0.3, -0.25) is 9.36 Å². The van der Waals surface area contributed by atoms with Crippen molar-refractivity contribution in [2.75, 3.05) is 12.3 Å². The van der Waals surface area contributed by atoms with E-state index in [2.05, 4.69) is 20.1 Å². The maximum Gasteiger partial charge on any atom is 0.260 e. The Morgan fingerprint density at radius 2 is 2.12 bits per heavy atom. The topological polar surface area (TPSA) is 121 Å². The van der Waals surface area contributed by atoms with Crippen LogP contribution in [0.1, 0.15) is 62.1 Å². The quantitative estimate of drug-likeness (QED) is 0.598. The number of aliphatic imine (C=N–C) groups is 1. The Hall–Kier alpha value is -3.40. The molecule has 2 N–H and O–H groups in total. The van der Waals surface area contributed by atoms with Gasteiger partial charge in [0.25, 0.3) is 5.56 Å². The van der Waals surface area contributed by atoms with Gasteiger partial charge in [0, 0.05) is 12.1 Å². The van der Waals surface area contributed by atoms with Gasteiger partial charge >= 0.3 is 0 Å². The van der Waals surface area contributed by atoms with E-state index in [1.165, 1.54) is 16.7 Å². The molecule has 0 aliphatic carbocycles. The number of aromatic nitrogens is 4. The van der Waals surface area contributed by atoms with E-state index in [4.69, 9.17) is 15.0 Å². The summed E-state index contributed by atoms with van der Waals surface area (Å²) < 4.78 is 25.8. The van der Waals surface area contributed by atoms with Gasteiger partial charge in [-0.15, -0.1) is 0 Å². The van der Waals surface area contributed by atoms with Crippen molar-refractivity contribution in [1.82, 2.24) is 19.7 Å². The molecule has 0 bridgehead atoms. The SMILES string of the molecule is C/C=N\c1nc(N)n(Cc2nc([C@@H]3CO[C@@H](c4cccc(F)c4)C3)no2)c(=O)c1C.CC. The van der Waals surface area contributed by atoms with E-state index in [1.54, 1.807) is 26.1 Å². The monoisotopic (exact) mass is 442 g/mol. The average Bonchev–Trinajstić information content (AvgIpc) is 3.46. The third-order valence-electron chi connectivity index (χ3n) is 5.01. The molecule has 4 rings (SSSR count). The molecule has 0 unspecified atom stereocenters. The summed E-state index contributed by atoms with van der Waals surface area (Å²) in [4.78, 5) is 25.2. The summed E-state index contributed by atoms with van der Waals surface area (Å²) >= 11 is 0. The Labute approximate surface area is 185 Å². The minimum Gasteiger partial charge on any atom is -0.373 e. The van der Waals surface area contributed by atoms with Gasteiger partial charge in [-0.1, -0.05) is 31.1 Å². The number of hydrogen-bond acceptors (Lipinski definition) is 8. The zero-order valence-corrected chi connectivity index (χ0v) is 18.6. The summed E-state index contributed by atoms with van der Waals surface area (Å²) in [5.74, 6) is 0.624. The lowest BCUT2D eigenvalue weighted by Crippen LogP contribution is -2.27. The Kier molecular flexibility index (Phi) is 7.47. The molecule has 0 saturated carbocycles. The normalized spacial score (nSPS) is 18.0. The van der Waals surface area contributed by atoms with Crippen LogP contribution < -0.4 is 11.3 Å². The molecule has 2 atom stereocenters. The summed E-state index contributed by atoms with van der Waals surface area (Å²) in [5, 5.41) is 4.03. The zero-order valence-electron chi connectivity index (χ0n) is 18.6. The Bertz CT molecular complexity index is 1160. The third-order valence-corrected chi connectivity index (χ3v) is 5.01. The van der Waals surface area contributed by atoms with E-state index in [0.29, 0.717) is 24.4 Å². The number of benzene rings is 1. The molecule has 3 aromatic rings. The minimum atomic E-state index is -0.321. The minimum absolute atomic E-state index is 0.00251. The summed E-state index contributed by atoms with van der Waals surface area (Å²) in [7, 11) is 0. The molecule has 0 spiro atoms. The fourth-order valence-electron chi connectivity index (χ4n) is 3.43. The molecule has 0 amide bonds. The number of hydrogen-bond donors (Lipinski definition) is 1. The van der Waals surface area contributed by atoms with Crippen LogP contribution in [-0.2, 0) is 11.3 Å². The first-order valence-corrected chi connectivity index (χ1v) is 10.5. The van der Waals surface area contributed by atoms with Crippen molar-refractivity contribution in [2.24, 2.45) is 4.99 Å². The fourth-order valence-corrected chi connectivity index (χ4v) is 3.43. The molecular weight excluding hydrogens is 415 g/mol. The van der Waals surface area contributed by atoms with Gasteiger partial charge < -0.3 is 15.0 Å². The van der Waals surface area contributed by atoms with Gasteiger partial charge in [-0.25, -0.2) is 9.38 Å². The van der Waals surface area contributed by atoms with Crippen molar-refractivity contribution >= 4 is 18.0 Å². The summed E-state index contributed by atoms with van der Waals surface area (Å²) in [6.07, 6.45) is 1.92.